The standard InChI is InChI=1S/C14H17N3O/c18-14(16-12-4-2-1-3-5-12)11-6-8-17-9-7-15-13(17)10-11/h6-10,12H,1-5H2,(H,16,18). The first-order valence-corrected chi connectivity index (χ1v) is 6.56. The molecule has 2 aromatic rings. The Morgan fingerprint density at radius 1 is 1.28 bits per heavy atom. The molecule has 1 amide bonds. The van der Waals surface area contributed by atoms with Crippen LogP contribution in [0.1, 0.15) is 42.5 Å². The Hall–Kier alpha value is -1.84. The molecule has 0 bridgehead atoms. The van der Waals surface area contributed by atoms with Crippen molar-refractivity contribution in [2.75, 3.05) is 0 Å². The van der Waals surface area contributed by atoms with E-state index in [1.165, 1.54) is 19.3 Å². The zero-order chi connectivity index (χ0) is 12.4. The number of fused-ring (bicyclic) bond motifs is 1. The van der Waals surface area contributed by atoms with Crippen molar-refractivity contribution in [2.45, 2.75) is 38.1 Å². The second-order valence-corrected chi connectivity index (χ2v) is 4.92. The normalized spacial score (nSPS) is 16.9. The average Bonchev–Trinajstić information content (AvgIpc) is 2.87. The fourth-order valence-corrected chi connectivity index (χ4v) is 2.57. The van der Waals surface area contributed by atoms with Crippen molar-refractivity contribution in [3.63, 3.8) is 0 Å². The molecule has 0 saturated heterocycles. The number of hydrogen-bond acceptors (Lipinski definition) is 2. The molecule has 0 aromatic carbocycles. The van der Waals surface area contributed by atoms with Crippen LogP contribution in [0.4, 0.5) is 0 Å². The van der Waals surface area contributed by atoms with E-state index in [1.807, 2.05) is 28.9 Å². The minimum Gasteiger partial charge on any atom is -0.349 e. The van der Waals surface area contributed by atoms with Crippen LogP contribution < -0.4 is 5.32 Å². The molecular weight excluding hydrogens is 226 g/mol. The number of nitrogens with one attached hydrogen (secondary N) is 1. The molecule has 0 spiro atoms. The number of imidazole rings is 1. The van der Waals surface area contributed by atoms with E-state index in [2.05, 4.69) is 10.3 Å². The summed E-state index contributed by atoms with van der Waals surface area (Å²) in [6, 6.07) is 4.02. The predicted octanol–water partition coefficient (Wildman–Crippen LogP) is 2.40. The van der Waals surface area contributed by atoms with Gasteiger partial charge in [-0.25, -0.2) is 4.98 Å². The van der Waals surface area contributed by atoms with Crippen molar-refractivity contribution in [3.8, 4) is 0 Å². The molecule has 0 atom stereocenters. The van der Waals surface area contributed by atoms with Crippen LogP contribution in [0.2, 0.25) is 0 Å². The first kappa shape index (κ1) is 11.3. The van der Waals surface area contributed by atoms with Crippen LogP contribution in [0.3, 0.4) is 0 Å². The van der Waals surface area contributed by atoms with Gasteiger partial charge in [-0.1, -0.05) is 19.3 Å². The van der Waals surface area contributed by atoms with Crippen LogP contribution in [-0.2, 0) is 0 Å². The highest BCUT2D eigenvalue weighted by Crippen LogP contribution is 2.18. The van der Waals surface area contributed by atoms with Gasteiger partial charge in [0.05, 0.1) is 0 Å². The summed E-state index contributed by atoms with van der Waals surface area (Å²) < 4.78 is 1.90. The Bertz CT molecular complexity index is 555. The topological polar surface area (TPSA) is 46.4 Å². The number of nitrogens with zero attached hydrogens (tertiary/aromatic N) is 2. The minimum absolute atomic E-state index is 0.0207. The summed E-state index contributed by atoms with van der Waals surface area (Å²) in [6.07, 6.45) is 11.4. The van der Waals surface area contributed by atoms with Crippen LogP contribution in [-0.4, -0.2) is 21.3 Å². The van der Waals surface area contributed by atoms with Crippen LogP contribution >= 0.6 is 0 Å². The van der Waals surface area contributed by atoms with Crippen molar-refractivity contribution in [1.29, 1.82) is 0 Å². The van der Waals surface area contributed by atoms with Crippen molar-refractivity contribution in [1.82, 2.24) is 14.7 Å². The minimum atomic E-state index is 0.0207. The maximum atomic E-state index is 12.1. The van der Waals surface area contributed by atoms with Gasteiger partial charge in [-0.3, -0.25) is 4.79 Å². The number of carbonyl (C=O) groups excluding carboxylic acids is 1. The third kappa shape index (κ3) is 2.23. The molecule has 1 fully saturated rings. The smallest absolute Gasteiger partial charge is 0.251 e. The lowest BCUT2D eigenvalue weighted by atomic mass is 9.95. The SMILES string of the molecule is O=C(NC1CCCCC1)c1ccn2ccnc2c1. The molecule has 4 heteroatoms. The van der Waals surface area contributed by atoms with Crippen molar-refractivity contribution in [2.24, 2.45) is 0 Å². The van der Waals surface area contributed by atoms with Crippen LogP contribution in [0.25, 0.3) is 5.65 Å². The fraction of sp³-hybridized carbons (Fsp3) is 0.429. The lowest BCUT2D eigenvalue weighted by Crippen LogP contribution is -2.36. The Kier molecular flexibility index (Phi) is 3.00. The van der Waals surface area contributed by atoms with E-state index in [0.717, 1.165) is 18.5 Å². The van der Waals surface area contributed by atoms with Gasteiger partial charge >= 0.3 is 0 Å². The summed E-state index contributed by atoms with van der Waals surface area (Å²) in [5.41, 5.74) is 1.51. The summed E-state index contributed by atoms with van der Waals surface area (Å²) in [5.74, 6) is 0.0207. The Labute approximate surface area is 106 Å². The third-order valence-corrected chi connectivity index (χ3v) is 3.60. The molecule has 2 aromatic heterocycles. The van der Waals surface area contributed by atoms with Gasteiger partial charge in [0.15, 0.2) is 0 Å². The van der Waals surface area contributed by atoms with E-state index in [-0.39, 0.29) is 5.91 Å². The highest BCUT2D eigenvalue weighted by atomic mass is 16.1. The summed E-state index contributed by atoms with van der Waals surface area (Å²) in [7, 11) is 0. The number of aromatic nitrogens is 2. The van der Waals surface area contributed by atoms with Crippen molar-refractivity contribution in [3.05, 3.63) is 36.3 Å². The molecule has 4 nitrogen and oxygen atoms in total. The third-order valence-electron chi connectivity index (χ3n) is 3.60. The number of pyridine rings is 1. The Balaban J connectivity index is 1.74. The molecule has 1 aliphatic carbocycles. The van der Waals surface area contributed by atoms with E-state index in [4.69, 9.17) is 0 Å². The van der Waals surface area contributed by atoms with Crippen molar-refractivity contribution < 1.29 is 4.79 Å². The molecule has 0 radical (unpaired) electrons. The number of carbonyl (C=O) groups is 1. The van der Waals surface area contributed by atoms with Crippen LogP contribution in [0, 0.1) is 0 Å². The number of hydrogen-bond donors (Lipinski definition) is 1. The summed E-state index contributed by atoms with van der Waals surface area (Å²) in [4.78, 5) is 16.3. The monoisotopic (exact) mass is 243 g/mol. The van der Waals surface area contributed by atoms with Gasteiger partial charge in [0.1, 0.15) is 5.65 Å². The predicted molar refractivity (Wildman–Crippen MR) is 69.5 cm³/mol. The fourth-order valence-electron chi connectivity index (χ4n) is 2.57. The first-order valence-electron chi connectivity index (χ1n) is 6.56. The lowest BCUT2D eigenvalue weighted by molar-refractivity contribution is 0.0927. The molecule has 1 saturated carbocycles. The molecule has 0 unspecified atom stereocenters. The van der Waals surface area contributed by atoms with E-state index in [1.54, 1.807) is 6.20 Å². The van der Waals surface area contributed by atoms with Gasteiger partial charge in [0, 0.05) is 30.2 Å². The van der Waals surface area contributed by atoms with E-state index < -0.39 is 0 Å². The number of amides is 1. The summed E-state index contributed by atoms with van der Waals surface area (Å²) in [5, 5.41) is 3.12. The average molecular weight is 243 g/mol. The van der Waals surface area contributed by atoms with E-state index in [0.29, 0.717) is 11.6 Å². The van der Waals surface area contributed by atoms with Gasteiger partial charge < -0.3 is 9.72 Å². The van der Waals surface area contributed by atoms with Crippen LogP contribution in [0.5, 0.6) is 0 Å². The molecule has 3 rings (SSSR count). The highest BCUT2D eigenvalue weighted by Gasteiger charge is 2.16. The first-order chi connectivity index (χ1) is 8.83. The largest absolute Gasteiger partial charge is 0.349 e. The van der Waals surface area contributed by atoms with Gasteiger partial charge in [0.25, 0.3) is 5.91 Å². The van der Waals surface area contributed by atoms with Gasteiger partial charge in [-0.05, 0) is 25.0 Å². The van der Waals surface area contributed by atoms with Gasteiger partial charge in [0.2, 0.25) is 0 Å². The molecule has 1 aliphatic rings. The maximum absolute atomic E-state index is 12.1. The second kappa shape index (κ2) is 4.80. The van der Waals surface area contributed by atoms with Crippen LogP contribution in [0.15, 0.2) is 30.7 Å². The number of rotatable bonds is 2. The quantitative estimate of drug-likeness (QED) is 0.880. The Morgan fingerprint density at radius 3 is 2.94 bits per heavy atom. The Morgan fingerprint density at radius 2 is 2.11 bits per heavy atom. The van der Waals surface area contributed by atoms with E-state index in [9.17, 15) is 4.79 Å². The highest BCUT2D eigenvalue weighted by molar-refractivity contribution is 5.95. The molecule has 0 aliphatic heterocycles. The molecular formula is C14H17N3O. The summed E-state index contributed by atoms with van der Waals surface area (Å²) >= 11 is 0. The summed E-state index contributed by atoms with van der Waals surface area (Å²) in [6.45, 7) is 0. The molecule has 94 valence electrons. The van der Waals surface area contributed by atoms with Gasteiger partial charge in [-0.2, -0.15) is 0 Å². The zero-order valence-corrected chi connectivity index (χ0v) is 10.3. The maximum Gasteiger partial charge on any atom is 0.251 e. The molecule has 18 heavy (non-hydrogen) atoms. The zero-order valence-electron chi connectivity index (χ0n) is 10.3. The molecule has 2 heterocycles. The van der Waals surface area contributed by atoms with E-state index >= 15 is 0 Å². The lowest BCUT2D eigenvalue weighted by Gasteiger charge is -2.22. The second-order valence-electron chi connectivity index (χ2n) is 4.92. The van der Waals surface area contributed by atoms with Gasteiger partial charge in [-0.15, -0.1) is 0 Å². The van der Waals surface area contributed by atoms with Crippen molar-refractivity contribution >= 4 is 11.6 Å². The molecule has 1 N–H and O–H groups in total.